The number of halogens is 1. The molecule has 0 saturated heterocycles. The quantitative estimate of drug-likeness (QED) is 0.878. The molecule has 3 heteroatoms. The maximum Gasteiger partial charge on any atom is 0.0406 e. The summed E-state index contributed by atoms with van der Waals surface area (Å²) in [5, 5.41) is 0.796. The van der Waals surface area contributed by atoms with E-state index in [4.69, 9.17) is 17.3 Å². The molecule has 0 amide bonds. The molecular weight excluding hydrogens is 220 g/mol. The number of hydrogen-bond donors (Lipinski definition) is 1. The molecule has 2 rings (SSSR count). The van der Waals surface area contributed by atoms with Gasteiger partial charge in [-0.05, 0) is 44.5 Å². The van der Waals surface area contributed by atoms with Crippen LogP contribution in [0.25, 0.3) is 0 Å². The summed E-state index contributed by atoms with van der Waals surface area (Å²) in [5.74, 6) is 0. The van der Waals surface area contributed by atoms with Crippen molar-refractivity contribution in [3.8, 4) is 0 Å². The molecule has 0 heterocycles. The summed E-state index contributed by atoms with van der Waals surface area (Å²) >= 11 is 5.89. The van der Waals surface area contributed by atoms with Gasteiger partial charge in [0.05, 0.1) is 0 Å². The lowest BCUT2D eigenvalue weighted by Gasteiger charge is -2.42. The lowest BCUT2D eigenvalue weighted by Crippen LogP contribution is -2.49. The van der Waals surface area contributed by atoms with E-state index in [1.807, 2.05) is 12.1 Å². The molecule has 2 N–H and O–H groups in total. The van der Waals surface area contributed by atoms with Crippen molar-refractivity contribution >= 4 is 11.6 Å². The van der Waals surface area contributed by atoms with E-state index in [1.165, 1.54) is 5.56 Å². The van der Waals surface area contributed by atoms with Gasteiger partial charge in [-0.25, -0.2) is 0 Å². The third kappa shape index (κ3) is 2.40. The van der Waals surface area contributed by atoms with Crippen LogP contribution in [0.4, 0.5) is 0 Å². The molecule has 16 heavy (non-hydrogen) atoms. The van der Waals surface area contributed by atoms with Crippen LogP contribution in [0, 0.1) is 0 Å². The standard InChI is InChI=1S/C13H19ClN2/c1-9(10-3-5-11(14)6-4-10)16(2)13-7-12(15)8-13/h3-6,9,12-13H,7-8,15H2,1-2H3. The van der Waals surface area contributed by atoms with Crippen molar-refractivity contribution in [1.29, 1.82) is 0 Å². The largest absolute Gasteiger partial charge is 0.328 e. The van der Waals surface area contributed by atoms with Gasteiger partial charge in [-0.3, -0.25) is 4.90 Å². The summed E-state index contributed by atoms with van der Waals surface area (Å²) < 4.78 is 0. The Morgan fingerprint density at radius 2 is 1.88 bits per heavy atom. The highest BCUT2D eigenvalue weighted by molar-refractivity contribution is 6.30. The third-order valence-corrected chi connectivity index (χ3v) is 3.94. The van der Waals surface area contributed by atoms with E-state index in [9.17, 15) is 0 Å². The van der Waals surface area contributed by atoms with Crippen LogP contribution in [0.1, 0.15) is 31.4 Å². The van der Waals surface area contributed by atoms with Crippen LogP contribution >= 0.6 is 11.6 Å². The number of nitrogens with zero attached hydrogens (tertiary/aromatic N) is 1. The number of benzene rings is 1. The zero-order chi connectivity index (χ0) is 11.7. The van der Waals surface area contributed by atoms with Gasteiger partial charge in [0.25, 0.3) is 0 Å². The fourth-order valence-electron chi connectivity index (χ4n) is 2.26. The van der Waals surface area contributed by atoms with Crippen molar-refractivity contribution in [2.75, 3.05) is 7.05 Å². The molecule has 0 aromatic heterocycles. The summed E-state index contributed by atoms with van der Waals surface area (Å²) in [6.45, 7) is 2.23. The van der Waals surface area contributed by atoms with E-state index >= 15 is 0 Å². The number of nitrogens with two attached hydrogens (primary N) is 1. The molecule has 1 aliphatic carbocycles. The highest BCUT2D eigenvalue weighted by Crippen LogP contribution is 2.30. The van der Waals surface area contributed by atoms with Crippen LogP contribution in [-0.2, 0) is 0 Å². The van der Waals surface area contributed by atoms with Crippen LogP contribution < -0.4 is 5.73 Å². The van der Waals surface area contributed by atoms with E-state index in [0.717, 1.165) is 17.9 Å². The molecule has 0 bridgehead atoms. The fraction of sp³-hybridized carbons (Fsp3) is 0.538. The second-order valence-electron chi connectivity index (χ2n) is 4.78. The molecule has 1 fully saturated rings. The minimum absolute atomic E-state index is 0.407. The Kier molecular flexibility index (Phi) is 3.53. The average Bonchev–Trinajstić information content (AvgIpc) is 2.24. The van der Waals surface area contributed by atoms with Gasteiger partial charge in [0.2, 0.25) is 0 Å². The first-order valence-electron chi connectivity index (χ1n) is 5.81. The van der Waals surface area contributed by atoms with Crippen molar-refractivity contribution in [2.24, 2.45) is 5.73 Å². The zero-order valence-corrected chi connectivity index (χ0v) is 10.6. The molecule has 1 unspecified atom stereocenters. The number of rotatable bonds is 3. The van der Waals surface area contributed by atoms with Crippen LogP contribution in [-0.4, -0.2) is 24.0 Å². The van der Waals surface area contributed by atoms with E-state index in [1.54, 1.807) is 0 Å². The molecule has 2 nitrogen and oxygen atoms in total. The van der Waals surface area contributed by atoms with Gasteiger partial charge in [0.1, 0.15) is 0 Å². The van der Waals surface area contributed by atoms with Gasteiger partial charge < -0.3 is 5.73 Å². The first-order chi connectivity index (χ1) is 7.58. The van der Waals surface area contributed by atoms with Crippen LogP contribution in [0.3, 0.4) is 0 Å². The SMILES string of the molecule is CC(c1ccc(Cl)cc1)N(C)C1CC(N)C1. The Bertz CT molecular complexity index is 343. The normalized spacial score (nSPS) is 26.6. The van der Waals surface area contributed by atoms with Crippen LogP contribution in [0.15, 0.2) is 24.3 Å². The maximum atomic E-state index is 5.89. The summed E-state index contributed by atoms with van der Waals surface area (Å²) in [6.07, 6.45) is 2.24. The van der Waals surface area contributed by atoms with E-state index in [-0.39, 0.29) is 0 Å². The molecule has 1 saturated carbocycles. The second-order valence-corrected chi connectivity index (χ2v) is 5.21. The summed E-state index contributed by atoms with van der Waals surface area (Å²) in [7, 11) is 2.18. The topological polar surface area (TPSA) is 29.3 Å². The monoisotopic (exact) mass is 238 g/mol. The average molecular weight is 239 g/mol. The van der Waals surface area contributed by atoms with Crippen molar-refractivity contribution in [2.45, 2.75) is 37.9 Å². The minimum Gasteiger partial charge on any atom is -0.328 e. The van der Waals surface area contributed by atoms with Crippen LogP contribution in [0.2, 0.25) is 5.02 Å². The highest BCUT2D eigenvalue weighted by atomic mass is 35.5. The first kappa shape index (κ1) is 11.9. The van der Waals surface area contributed by atoms with Crippen molar-refractivity contribution in [3.63, 3.8) is 0 Å². The van der Waals surface area contributed by atoms with Gasteiger partial charge in [-0.2, -0.15) is 0 Å². The molecule has 88 valence electrons. The summed E-state index contributed by atoms with van der Waals surface area (Å²) in [4.78, 5) is 2.41. The Balaban J connectivity index is 2.01. The summed E-state index contributed by atoms with van der Waals surface area (Å²) in [6, 6.07) is 9.58. The Morgan fingerprint density at radius 3 is 2.38 bits per heavy atom. The molecule has 1 aliphatic rings. The van der Waals surface area contributed by atoms with Crippen molar-refractivity contribution in [3.05, 3.63) is 34.9 Å². The van der Waals surface area contributed by atoms with Gasteiger partial charge >= 0.3 is 0 Å². The Labute approximate surface area is 102 Å². The fourth-order valence-corrected chi connectivity index (χ4v) is 2.38. The molecule has 0 radical (unpaired) electrons. The molecular formula is C13H19ClN2. The van der Waals surface area contributed by atoms with Gasteiger partial charge in [-0.15, -0.1) is 0 Å². The molecule has 1 aromatic carbocycles. The number of hydrogen-bond acceptors (Lipinski definition) is 2. The van der Waals surface area contributed by atoms with Gasteiger partial charge in [-0.1, -0.05) is 23.7 Å². The van der Waals surface area contributed by atoms with E-state index in [0.29, 0.717) is 18.1 Å². The zero-order valence-electron chi connectivity index (χ0n) is 9.86. The van der Waals surface area contributed by atoms with Crippen molar-refractivity contribution < 1.29 is 0 Å². The van der Waals surface area contributed by atoms with E-state index in [2.05, 4.69) is 31.0 Å². The highest BCUT2D eigenvalue weighted by Gasteiger charge is 2.31. The third-order valence-electron chi connectivity index (χ3n) is 3.69. The molecule has 1 aromatic rings. The van der Waals surface area contributed by atoms with Gasteiger partial charge in [0, 0.05) is 23.1 Å². The Hall–Kier alpha value is -0.570. The summed E-state index contributed by atoms with van der Waals surface area (Å²) in [5.41, 5.74) is 7.13. The lowest BCUT2D eigenvalue weighted by molar-refractivity contribution is 0.102. The minimum atomic E-state index is 0.407. The lowest BCUT2D eigenvalue weighted by atomic mass is 9.85. The molecule has 1 atom stereocenters. The predicted molar refractivity (Wildman–Crippen MR) is 68.6 cm³/mol. The smallest absolute Gasteiger partial charge is 0.0406 e. The maximum absolute atomic E-state index is 5.89. The predicted octanol–water partition coefficient (Wildman–Crippen LogP) is 2.82. The second kappa shape index (κ2) is 4.74. The van der Waals surface area contributed by atoms with Gasteiger partial charge in [0.15, 0.2) is 0 Å². The van der Waals surface area contributed by atoms with E-state index < -0.39 is 0 Å². The molecule has 0 aliphatic heterocycles. The molecule has 0 spiro atoms. The first-order valence-corrected chi connectivity index (χ1v) is 6.18. The Morgan fingerprint density at radius 1 is 1.31 bits per heavy atom. The van der Waals surface area contributed by atoms with Crippen LogP contribution in [0.5, 0.6) is 0 Å². The van der Waals surface area contributed by atoms with Crippen molar-refractivity contribution in [1.82, 2.24) is 4.90 Å².